The summed E-state index contributed by atoms with van der Waals surface area (Å²) in [5, 5.41) is 3.62. The van der Waals surface area contributed by atoms with Gasteiger partial charge >= 0.3 is 0 Å². The largest absolute Gasteiger partial charge is 0.343 e. The maximum atomic E-state index is 4.47. The fourth-order valence-corrected chi connectivity index (χ4v) is 0.477. The van der Waals surface area contributed by atoms with Gasteiger partial charge in [0, 0.05) is 0 Å². The van der Waals surface area contributed by atoms with Crippen LogP contribution in [0.2, 0.25) is 0 Å². The average Bonchev–Trinajstić information content (AvgIpc) is 2.12. The summed E-state index contributed by atoms with van der Waals surface area (Å²) in [7, 11) is 0. The number of rotatable bonds is 1. The zero-order chi connectivity index (χ0) is 5.98. The second-order valence-corrected chi connectivity index (χ2v) is 2.24. The summed E-state index contributed by atoms with van der Waals surface area (Å²) in [5.41, 5.74) is 0. The Morgan fingerprint density at radius 2 is 2.62 bits per heavy atom. The second kappa shape index (κ2) is 2.17. The van der Waals surface area contributed by atoms with E-state index in [1.807, 2.05) is 6.92 Å². The highest BCUT2D eigenvalue weighted by Gasteiger charge is 2.02. The number of hydrogen-bond donors (Lipinski definition) is 1. The van der Waals surface area contributed by atoms with E-state index < -0.39 is 0 Å². The molecule has 0 saturated carbocycles. The molecule has 0 aliphatic carbocycles. The number of aromatic nitrogens is 2. The van der Waals surface area contributed by atoms with Crippen molar-refractivity contribution in [2.24, 2.45) is 0 Å². The summed E-state index contributed by atoms with van der Waals surface area (Å²) in [6.45, 7) is 1.88. The molecular formula is C4H6N2OS. The van der Waals surface area contributed by atoms with Crippen LogP contribution in [-0.2, 0) is 0 Å². The lowest BCUT2D eigenvalue weighted by Gasteiger charge is -1.89. The van der Waals surface area contributed by atoms with E-state index in [2.05, 4.69) is 27.3 Å². The van der Waals surface area contributed by atoms with Crippen molar-refractivity contribution in [1.82, 2.24) is 10.1 Å². The van der Waals surface area contributed by atoms with Crippen LogP contribution in [0, 0.1) is 0 Å². The van der Waals surface area contributed by atoms with Crippen LogP contribution in [0.15, 0.2) is 10.9 Å². The topological polar surface area (TPSA) is 38.9 Å². The van der Waals surface area contributed by atoms with Crippen molar-refractivity contribution in [2.45, 2.75) is 12.2 Å². The van der Waals surface area contributed by atoms with Gasteiger partial charge in [-0.25, -0.2) is 0 Å². The zero-order valence-corrected chi connectivity index (χ0v) is 5.30. The summed E-state index contributed by atoms with van der Waals surface area (Å²) < 4.78 is 4.47. The van der Waals surface area contributed by atoms with Crippen molar-refractivity contribution in [1.29, 1.82) is 0 Å². The Labute approximate surface area is 52.5 Å². The maximum Gasteiger partial charge on any atom is 0.213 e. The molecule has 1 unspecified atom stereocenters. The molecule has 0 saturated heterocycles. The molecule has 8 heavy (non-hydrogen) atoms. The summed E-state index contributed by atoms with van der Waals surface area (Å²) in [4.78, 5) is 3.76. The number of nitrogens with zero attached hydrogens (tertiary/aromatic N) is 2. The Morgan fingerprint density at radius 3 is 2.88 bits per heavy atom. The molecule has 4 heteroatoms. The fraction of sp³-hybridized carbons (Fsp3) is 0.500. The lowest BCUT2D eigenvalue weighted by atomic mass is 10.5. The predicted molar refractivity (Wildman–Crippen MR) is 31.7 cm³/mol. The van der Waals surface area contributed by atoms with Gasteiger partial charge in [0.2, 0.25) is 6.39 Å². The molecular weight excluding hydrogens is 124 g/mol. The third-order valence-electron chi connectivity index (χ3n) is 0.752. The molecule has 0 aliphatic heterocycles. The van der Waals surface area contributed by atoms with Crippen LogP contribution in [0.1, 0.15) is 18.0 Å². The van der Waals surface area contributed by atoms with Gasteiger partial charge in [0.25, 0.3) is 0 Å². The SMILES string of the molecule is CC(S)c1ncon1. The van der Waals surface area contributed by atoms with E-state index in [1.54, 1.807) is 0 Å². The smallest absolute Gasteiger partial charge is 0.213 e. The first kappa shape index (κ1) is 5.62. The Bertz CT molecular complexity index is 149. The minimum Gasteiger partial charge on any atom is -0.343 e. The van der Waals surface area contributed by atoms with Gasteiger partial charge in [-0.2, -0.15) is 17.6 Å². The van der Waals surface area contributed by atoms with Crippen LogP contribution >= 0.6 is 12.6 Å². The highest BCUT2D eigenvalue weighted by molar-refractivity contribution is 7.80. The Hall–Kier alpha value is -0.510. The van der Waals surface area contributed by atoms with Crippen molar-refractivity contribution in [3.05, 3.63) is 12.2 Å². The molecule has 1 heterocycles. The van der Waals surface area contributed by atoms with Crippen LogP contribution in [0.3, 0.4) is 0 Å². The van der Waals surface area contributed by atoms with E-state index in [1.165, 1.54) is 6.39 Å². The summed E-state index contributed by atoms with van der Waals surface area (Å²) >= 11 is 4.07. The van der Waals surface area contributed by atoms with Gasteiger partial charge in [0.05, 0.1) is 5.25 Å². The van der Waals surface area contributed by atoms with Gasteiger partial charge in [-0.3, -0.25) is 0 Å². The summed E-state index contributed by atoms with van der Waals surface area (Å²) in [5.74, 6) is 0.633. The molecule has 0 N–H and O–H groups in total. The monoisotopic (exact) mass is 130 g/mol. The van der Waals surface area contributed by atoms with Crippen LogP contribution in [0.25, 0.3) is 0 Å². The van der Waals surface area contributed by atoms with Gasteiger partial charge in [-0.15, -0.1) is 0 Å². The molecule has 0 bridgehead atoms. The van der Waals surface area contributed by atoms with E-state index in [-0.39, 0.29) is 5.25 Å². The van der Waals surface area contributed by atoms with Gasteiger partial charge in [-0.1, -0.05) is 5.16 Å². The first-order valence-corrected chi connectivity index (χ1v) is 2.76. The molecule has 0 aromatic carbocycles. The van der Waals surface area contributed by atoms with E-state index >= 15 is 0 Å². The zero-order valence-electron chi connectivity index (χ0n) is 4.40. The van der Waals surface area contributed by atoms with E-state index in [4.69, 9.17) is 0 Å². The highest BCUT2D eigenvalue weighted by atomic mass is 32.1. The molecule has 0 radical (unpaired) electrons. The molecule has 0 aliphatic rings. The minimum atomic E-state index is 0.0637. The molecule has 0 amide bonds. The fourth-order valence-electron chi connectivity index (χ4n) is 0.363. The highest BCUT2D eigenvalue weighted by Crippen LogP contribution is 2.11. The van der Waals surface area contributed by atoms with Gasteiger partial charge < -0.3 is 4.52 Å². The minimum absolute atomic E-state index is 0.0637. The Morgan fingerprint density at radius 1 is 1.88 bits per heavy atom. The predicted octanol–water partition coefficient (Wildman–Crippen LogP) is 1.06. The molecule has 3 nitrogen and oxygen atoms in total. The quantitative estimate of drug-likeness (QED) is 0.578. The maximum absolute atomic E-state index is 4.47. The van der Waals surface area contributed by atoms with Crippen molar-refractivity contribution in [3.8, 4) is 0 Å². The van der Waals surface area contributed by atoms with Gasteiger partial charge in [-0.05, 0) is 6.92 Å². The third kappa shape index (κ3) is 1.01. The van der Waals surface area contributed by atoms with Crippen LogP contribution in [0.4, 0.5) is 0 Å². The summed E-state index contributed by atoms with van der Waals surface area (Å²) in [6, 6.07) is 0. The molecule has 1 atom stereocenters. The number of hydrogen-bond acceptors (Lipinski definition) is 4. The van der Waals surface area contributed by atoms with E-state index in [0.29, 0.717) is 5.82 Å². The standard InChI is InChI=1S/C4H6N2OS/c1-3(8)4-5-2-7-6-4/h2-3,8H,1H3. The van der Waals surface area contributed by atoms with Crippen LogP contribution in [0.5, 0.6) is 0 Å². The van der Waals surface area contributed by atoms with Crippen LogP contribution in [-0.4, -0.2) is 10.1 Å². The van der Waals surface area contributed by atoms with Crippen LogP contribution < -0.4 is 0 Å². The first-order chi connectivity index (χ1) is 3.80. The Balaban J connectivity index is 2.77. The van der Waals surface area contributed by atoms with Gasteiger partial charge in [0.15, 0.2) is 5.82 Å². The van der Waals surface area contributed by atoms with Crippen molar-refractivity contribution < 1.29 is 4.52 Å². The molecule has 0 spiro atoms. The lowest BCUT2D eigenvalue weighted by Crippen LogP contribution is -1.84. The van der Waals surface area contributed by atoms with Gasteiger partial charge in [0.1, 0.15) is 0 Å². The molecule has 1 aromatic heterocycles. The Kier molecular flexibility index (Phi) is 1.53. The lowest BCUT2D eigenvalue weighted by molar-refractivity contribution is 0.410. The third-order valence-corrected chi connectivity index (χ3v) is 0.983. The van der Waals surface area contributed by atoms with E-state index in [0.717, 1.165) is 0 Å². The summed E-state index contributed by atoms with van der Waals surface area (Å²) in [6.07, 6.45) is 1.29. The van der Waals surface area contributed by atoms with Crippen molar-refractivity contribution >= 4 is 12.6 Å². The molecule has 1 rings (SSSR count). The van der Waals surface area contributed by atoms with Crippen molar-refractivity contribution in [3.63, 3.8) is 0 Å². The first-order valence-electron chi connectivity index (χ1n) is 2.25. The van der Waals surface area contributed by atoms with E-state index in [9.17, 15) is 0 Å². The molecule has 0 fully saturated rings. The average molecular weight is 130 g/mol. The molecule has 1 aromatic rings. The second-order valence-electron chi connectivity index (χ2n) is 1.47. The number of thiol groups is 1. The molecule has 44 valence electrons. The van der Waals surface area contributed by atoms with Crippen molar-refractivity contribution in [2.75, 3.05) is 0 Å². The normalized spacial score (nSPS) is 13.8.